The van der Waals surface area contributed by atoms with Crippen molar-refractivity contribution in [3.8, 4) is 0 Å². The highest BCUT2D eigenvalue weighted by Crippen LogP contribution is 2.21. The summed E-state index contributed by atoms with van der Waals surface area (Å²) in [5, 5.41) is 6.39. The SMILES string of the molecule is CN=C(NCCNS(=O)(=O)c1ccc(C)s1)NC1CCN(c2ncccc2F)C1.I. The zero-order valence-electron chi connectivity index (χ0n) is 16.8. The van der Waals surface area contributed by atoms with E-state index in [9.17, 15) is 12.8 Å². The molecule has 1 aliphatic rings. The first-order valence-corrected chi connectivity index (χ1v) is 11.6. The van der Waals surface area contributed by atoms with Gasteiger partial charge in [0.05, 0.1) is 0 Å². The molecule has 1 saturated heterocycles. The Morgan fingerprint density at radius 1 is 1.37 bits per heavy atom. The monoisotopic (exact) mass is 568 g/mol. The molecule has 1 fully saturated rings. The molecule has 30 heavy (non-hydrogen) atoms. The second-order valence-electron chi connectivity index (χ2n) is 6.65. The molecule has 0 aliphatic carbocycles. The minimum atomic E-state index is -3.49. The van der Waals surface area contributed by atoms with Gasteiger partial charge in [-0.1, -0.05) is 0 Å². The van der Waals surface area contributed by atoms with E-state index in [4.69, 9.17) is 0 Å². The molecule has 3 rings (SSSR count). The van der Waals surface area contributed by atoms with Crippen LogP contribution in [-0.2, 0) is 10.0 Å². The van der Waals surface area contributed by atoms with Crippen LogP contribution in [0.5, 0.6) is 0 Å². The van der Waals surface area contributed by atoms with Gasteiger partial charge in [0, 0.05) is 50.3 Å². The van der Waals surface area contributed by atoms with E-state index >= 15 is 0 Å². The average molecular weight is 568 g/mol. The number of pyridine rings is 1. The van der Waals surface area contributed by atoms with Gasteiger partial charge in [0.25, 0.3) is 0 Å². The molecule has 3 heterocycles. The Hall–Kier alpha value is -1.51. The smallest absolute Gasteiger partial charge is 0.250 e. The minimum Gasteiger partial charge on any atom is -0.355 e. The molecule has 2 aromatic rings. The number of anilines is 1. The molecule has 0 saturated carbocycles. The molecule has 8 nitrogen and oxygen atoms in total. The first kappa shape index (κ1) is 24.8. The first-order valence-electron chi connectivity index (χ1n) is 9.28. The number of sulfonamides is 1. The van der Waals surface area contributed by atoms with Crippen molar-refractivity contribution in [1.82, 2.24) is 20.3 Å². The number of guanidine groups is 1. The fraction of sp³-hybridized carbons (Fsp3) is 0.444. The predicted octanol–water partition coefficient (Wildman–Crippen LogP) is 1.93. The van der Waals surface area contributed by atoms with Gasteiger partial charge in [0.1, 0.15) is 4.21 Å². The van der Waals surface area contributed by atoms with Crippen LogP contribution in [0.3, 0.4) is 0 Å². The predicted molar refractivity (Wildman–Crippen MR) is 129 cm³/mol. The number of nitrogens with zero attached hydrogens (tertiary/aromatic N) is 3. The van der Waals surface area contributed by atoms with Gasteiger partial charge in [0.2, 0.25) is 10.0 Å². The summed E-state index contributed by atoms with van der Waals surface area (Å²) in [4.78, 5) is 11.1. The Balaban J connectivity index is 0.00000320. The second kappa shape index (κ2) is 11.2. The second-order valence-corrected chi connectivity index (χ2v) is 9.93. The zero-order valence-corrected chi connectivity index (χ0v) is 20.7. The lowest BCUT2D eigenvalue weighted by Gasteiger charge is -2.20. The molecule has 166 valence electrons. The van der Waals surface area contributed by atoms with Crippen LogP contribution >= 0.6 is 35.3 Å². The molecule has 1 aliphatic heterocycles. The fourth-order valence-electron chi connectivity index (χ4n) is 3.06. The zero-order chi connectivity index (χ0) is 20.9. The number of rotatable bonds is 7. The van der Waals surface area contributed by atoms with Crippen molar-refractivity contribution in [2.75, 3.05) is 38.1 Å². The summed E-state index contributed by atoms with van der Waals surface area (Å²) in [7, 11) is -1.84. The number of nitrogens with one attached hydrogen (secondary N) is 3. The van der Waals surface area contributed by atoms with Gasteiger partial charge in [-0.3, -0.25) is 4.99 Å². The van der Waals surface area contributed by atoms with Gasteiger partial charge in [-0.25, -0.2) is 22.5 Å². The van der Waals surface area contributed by atoms with Crippen LogP contribution < -0.4 is 20.3 Å². The Morgan fingerprint density at radius 2 is 2.17 bits per heavy atom. The molecule has 0 bridgehead atoms. The average Bonchev–Trinajstić information content (AvgIpc) is 3.34. The summed E-state index contributed by atoms with van der Waals surface area (Å²) in [6.07, 6.45) is 2.40. The number of halogens is 2. The summed E-state index contributed by atoms with van der Waals surface area (Å²) in [6.45, 7) is 3.79. The third-order valence-corrected chi connectivity index (χ3v) is 7.43. The minimum absolute atomic E-state index is 0. The van der Waals surface area contributed by atoms with Crippen molar-refractivity contribution in [2.24, 2.45) is 4.99 Å². The van der Waals surface area contributed by atoms with E-state index in [0.29, 0.717) is 35.6 Å². The first-order chi connectivity index (χ1) is 13.9. The number of aryl methyl sites for hydroxylation is 1. The van der Waals surface area contributed by atoms with Crippen molar-refractivity contribution in [1.29, 1.82) is 0 Å². The Kier molecular flexibility index (Phi) is 9.25. The third kappa shape index (κ3) is 6.49. The van der Waals surface area contributed by atoms with Crippen molar-refractivity contribution < 1.29 is 12.8 Å². The molecule has 3 N–H and O–H groups in total. The summed E-state index contributed by atoms with van der Waals surface area (Å²) < 4.78 is 41.2. The van der Waals surface area contributed by atoms with E-state index < -0.39 is 10.0 Å². The van der Waals surface area contributed by atoms with Crippen LogP contribution in [0.25, 0.3) is 0 Å². The Labute approximate surface area is 197 Å². The van der Waals surface area contributed by atoms with E-state index in [2.05, 4.69) is 25.3 Å². The quantitative estimate of drug-likeness (QED) is 0.205. The molecule has 0 amide bonds. The normalized spacial score (nSPS) is 17.0. The van der Waals surface area contributed by atoms with Crippen LogP contribution in [0, 0.1) is 12.7 Å². The maximum absolute atomic E-state index is 13.9. The third-order valence-electron chi connectivity index (χ3n) is 4.48. The fourth-order valence-corrected chi connectivity index (χ4v) is 5.42. The lowest BCUT2D eigenvalue weighted by Crippen LogP contribution is -2.46. The van der Waals surface area contributed by atoms with Gasteiger partial charge in [-0.05, 0) is 37.6 Å². The Morgan fingerprint density at radius 3 is 2.83 bits per heavy atom. The van der Waals surface area contributed by atoms with Crippen LogP contribution in [0.2, 0.25) is 0 Å². The van der Waals surface area contributed by atoms with Gasteiger partial charge in [0.15, 0.2) is 17.6 Å². The highest BCUT2D eigenvalue weighted by Gasteiger charge is 2.26. The number of aromatic nitrogens is 1. The maximum Gasteiger partial charge on any atom is 0.250 e. The lowest BCUT2D eigenvalue weighted by molar-refractivity contribution is 0.581. The molecule has 2 aromatic heterocycles. The number of hydrogen-bond donors (Lipinski definition) is 3. The van der Waals surface area contributed by atoms with Crippen LogP contribution in [0.4, 0.5) is 10.2 Å². The largest absolute Gasteiger partial charge is 0.355 e. The number of hydrogen-bond acceptors (Lipinski definition) is 6. The summed E-state index contributed by atoms with van der Waals surface area (Å²) >= 11 is 1.24. The summed E-state index contributed by atoms with van der Waals surface area (Å²) in [6, 6.07) is 6.46. The van der Waals surface area contributed by atoms with Crippen LogP contribution in [0.15, 0.2) is 39.7 Å². The van der Waals surface area contributed by atoms with Crippen molar-refractivity contribution >= 4 is 57.1 Å². The molecular formula is C18H26FIN6O2S2. The summed E-state index contributed by atoms with van der Waals surface area (Å²) in [5.74, 6) is 0.603. The topological polar surface area (TPSA) is 98.7 Å². The number of aliphatic imine (C=N–C) groups is 1. The molecule has 0 aromatic carbocycles. The van der Waals surface area contributed by atoms with Gasteiger partial charge in [-0.2, -0.15) is 0 Å². The molecule has 1 atom stereocenters. The van der Waals surface area contributed by atoms with E-state index in [1.165, 1.54) is 17.4 Å². The molecule has 0 spiro atoms. The van der Waals surface area contributed by atoms with Gasteiger partial charge < -0.3 is 15.5 Å². The molecule has 1 unspecified atom stereocenters. The van der Waals surface area contributed by atoms with Crippen LogP contribution in [-0.4, -0.2) is 58.6 Å². The van der Waals surface area contributed by atoms with Crippen LogP contribution in [0.1, 0.15) is 11.3 Å². The van der Waals surface area contributed by atoms with Crippen molar-refractivity contribution in [2.45, 2.75) is 23.6 Å². The van der Waals surface area contributed by atoms with E-state index in [-0.39, 0.29) is 42.4 Å². The maximum atomic E-state index is 13.9. The van der Waals surface area contributed by atoms with Gasteiger partial charge >= 0.3 is 0 Å². The molecule has 0 radical (unpaired) electrons. The highest BCUT2D eigenvalue weighted by molar-refractivity contribution is 14.0. The molecule has 12 heteroatoms. The van der Waals surface area contributed by atoms with E-state index in [1.54, 1.807) is 31.4 Å². The summed E-state index contributed by atoms with van der Waals surface area (Å²) in [5.41, 5.74) is 0. The highest BCUT2D eigenvalue weighted by atomic mass is 127. The lowest BCUT2D eigenvalue weighted by atomic mass is 10.3. The van der Waals surface area contributed by atoms with Gasteiger partial charge in [-0.15, -0.1) is 35.3 Å². The molecular weight excluding hydrogens is 542 g/mol. The van der Waals surface area contributed by atoms with E-state index in [0.717, 1.165) is 11.3 Å². The Bertz CT molecular complexity index is 969. The van der Waals surface area contributed by atoms with Crippen molar-refractivity contribution in [3.63, 3.8) is 0 Å². The van der Waals surface area contributed by atoms with Crippen molar-refractivity contribution in [3.05, 3.63) is 41.2 Å². The number of thiophene rings is 1. The standard InChI is InChI=1S/C18H25FN6O2S2.HI/c1-13-5-6-16(28-13)29(26,27)23-10-9-22-18(20-2)24-14-7-11-25(12-14)17-15(19)4-3-8-21-17;/h3-6,8,14,23H,7,9-12H2,1-2H3,(H2,20,22,24);1H. The van der Waals surface area contributed by atoms with E-state index in [1.807, 2.05) is 11.8 Å².